The van der Waals surface area contributed by atoms with E-state index in [0.717, 1.165) is 35.4 Å². The van der Waals surface area contributed by atoms with Gasteiger partial charge in [-0.25, -0.2) is 9.98 Å². The van der Waals surface area contributed by atoms with Crippen LogP contribution in [-0.4, -0.2) is 22.1 Å². The molecule has 0 atom stereocenters. The van der Waals surface area contributed by atoms with Crippen molar-refractivity contribution in [1.82, 2.24) is 20.2 Å². The van der Waals surface area contributed by atoms with E-state index in [1.807, 2.05) is 29.8 Å². The molecule has 2 N–H and O–H groups in total. The lowest BCUT2D eigenvalue weighted by atomic mass is 10.1. The van der Waals surface area contributed by atoms with Gasteiger partial charge in [0.25, 0.3) is 0 Å². The monoisotopic (exact) mass is 543 g/mol. The van der Waals surface area contributed by atoms with Crippen molar-refractivity contribution in [2.75, 3.05) is 6.54 Å². The molecule has 9 heteroatoms. The first-order valence-electron chi connectivity index (χ1n) is 9.66. The third-order valence-corrected chi connectivity index (χ3v) is 4.42. The van der Waals surface area contributed by atoms with Crippen molar-refractivity contribution < 1.29 is 13.2 Å². The number of nitrogens with one attached hydrogen (secondary N) is 2. The molecule has 166 valence electrons. The Bertz CT molecular complexity index is 954. The third-order valence-electron chi connectivity index (χ3n) is 4.42. The first-order chi connectivity index (χ1) is 14.4. The number of benzene rings is 2. The minimum atomic E-state index is -4.32. The van der Waals surface area contributed by atoms with Gasteiger partial charge >= 0.3 is 6.18 Å². The van der Waals surface area contributed by atoms with Gasteiger partial charge in [0, 0.05) is 32.0 Å². The van der Waals surface area contributed by atoms with Crippen molar-refractivity contribution in [3.8, 4) is 0 Å². The number of imidazole rings is 1. The molecule has 1 aromatic heterocycles. The minimum absolute atomic E-state index is 0. The zero-order valence-corrected chi connectivity index (χ0v) is 19.4. The van der Waals surface area contributed by atoms with Gasteiger partial charge in [-0.05, 0) is 35.7 Å². The Morgan fingerprint density at radius 1 is 1.03 bits per heavy atom. The normalized spacial score (nSPS) is 11.7. The highest BCUT2D eigenvalue weighted by molar-refractivity contribution is 14.0. The van der Waals surface area contributed by atoms with E-state index in [0.29, 0.717) is 25.6 Å². The van der Waals surface area contributed by atoms with Crippen LogP contribution in [0.1, 0.15) is 29.2 Å². The van der Waals surface area contributed by atoms with E-state index in [9.17, 15) is 13.2 Å². The van der Waals surface area contributed by atoms with E-state index in [4.69, 9.17) is 0 Å². The second kappa shape index (κ2) is 11.7. The summed E-state index contributed by atoms with van der Waals surface area (Å²) in [7, 11) is 0. The van der Waals surface area contributed by atoms with Crippen LogP contribution in [0.25, 0.3) is 0 Å². The highest BCUT2D eigenvalue weighted by Gasteiger charge is 2.29. The van der Waals surface area contributed by atoms with Gasteiger partial charge in [-0.3, -0.25) is 0 Å². The average molecular weight is 543 g/mol. The highest BCUT2D eigenvalue weighted by Crippen LogP contribution is 2.29. The fourth-order valence-electron chi connectivity index (χ4n) is 2.93. The number of hydrogen-bond donors (Lipinski definition) is 2. The molecule has 0 spiro atoms. The van der Waals surface area contributed by atoms with Crippen molar-refractivity contribution in [3.63, 3.8) is 0 Å². The van der Waals surface area contributed by atoms with E-state index in [1.165, 1.54) is 12.1 Å². The Morgan fingerprint density at radius 3 is 2.42 bits per heavy atom. The smallest absolute Gasteiger partial charge is 0.357 e. The molecule has 0 fully saturated rings. The molecule has 1 heterocycles. The first kappa shape index (κ1) is 24.7. The number of hydrogen-bond acceptors (Lipinski definition) is 2. The molecule has 0 radical (unpaired) electrons. The molecule has 0 saturated heterocycles. The molecule has 0 aliphatic heterocycles. The summed E-state index contributed by atoms with van der Waals surface area (Å²) in [6.07, 6.45) is 1.12. The standard InChI is InChI=1S/C22H24F3N5.HI/c1-2-27-21(28-13-17-6-8-20(9-7-17)22(23,24)25)29-14-18-4-3-5-19(12-18)15-30-11-10-26-16-30;/h3-12,16H,2,13-15H2,1H3,(H2,27,28,29);1H. The third kappa shape index (κ3) is 7.89. The summed E-state index contributed by atoms with van der Waals surface area (Å²) in [5, 5.41) is 6.32. The quantitative estimate of drug-likeness (QED) is 0.255. The highest BCUT2D eigenvalue weighted by atomic mass is 127. The van der Waals surface area contributed by atoms with Crippen molar-refractivity contribution >= 4 is 29.9 Å². The van der Waals surface area contributed by atoms with Crippen molar-refractivity contribution in [3.05, 3.63) is 89.5 Å². The summed E-state index contributed by atoms with van der Waals surface area (Å²) in [5.41, 5.74) is 2.32. The molecule has 2 aromatic carbocycles. The summed E-state index contributed by atoms with van der Waals surface area (Å²) < 4.78 is 40.0. The fraction of sp³-hybridized carbons (Fsp3) is 0.273. The average Bonchev–Trinajstić information content (AvgIpc) is 3.23. The maximum Gasteiger partial charge on any atom is 0.416 e. The summed E-state index contributed by atoms with van der Waals surface area (Å²) >= 11 is 0. The molecule has 0 saturated carbocycles. The molecule has 0 aliphatic rings. The number of nitrogens with zero attached hydrogens (tertiary/aromatic N) is 3. The van der Waals surface area contributed by atoms with Crippen molar-refractivity contribution in [2.45, 2.75) is 32.7 Å². The van der Waals surface area contributed by atoms with Crippen LogP contribution in [-0.2, 0) is 25.8 Å². The lowest BCUT2D eigenvalue weighted by Crippen LogP contribution is -2.36. The number of guanidine groups is 1. The second-order valence-corrected chi connectivity index (χ2v) is 6.80. The lowest BCUT2D eigenvalue weighted by molar-refractivity contribution is -0.137. The Kier molecular flexibility index (Phi) is 9.35. The van der Waals surface area contributed by atoms with E-state index in [1.54, 1.807) is 12.5 Å². The molecule has 0 aliphatic carbocycles. The second-order valence-electron chi connectivity index (χ2n) is 6.80. The van der Waals surface area contributed by atoms with Gasteiger partial charge in [-0.15, -0.1) is 24.0 Å². The predicted molar refractivity (Wildman–Crippen MR) is 126 cm³/mol. The predicted octanol–water partition coefficient (Wildman–Crippen LogP) is 4.82. The maximum absolute atomic E-state index is 12.7. The van der Waals surface area contributed by atoms with Gasteiger partial charge in [0.2, 0.25) is 0 Å². The SMILES string of the molecule is CCNC(=NCc1cccc(Cn2ccnc2)c1)NCc1ccc(C(F)(F)F)cc1.I. The zero-order valence-electron chi connectivity index (χ0n) is 17.1. The summed E-state index contributed by atoms with van der Waals surface area (Å²) in [5.74, 6) is 0.609. The zero-order chi connectivity index (χ0) is 21.4. The molecular weight excluding hydrogens is 518 g/mol. The number of aromatic nitrogens is 2. The van der Waals surface area contributed by atoms with E-state index >= 15 is 0 Å². The van der Waals surface area contributed by atoms with E-state index in [2.05, 4.69) is 32.7 Å². The Labute approximate surface area is 196 Å². The maximum atomic E-state index is 12.7. The number of rotatable bonds is 7. The van der Waals surface area contributed by atoms with Crippen LogP contribution in [0.2, 0.25) is 0 Å². The molecule has 5 nitrogen and oxygen atoms in total. The van der Waals surface area contributed by atoms with Crippen LogP contribution >= 0.6 is 24.0 Å². The van der Waals surface area contributed by atoms with Gasteiger partial charge in [0.15, 0.2) is 5.96 Å². The van der Waals surface area contributed by atoms with E-state index < -0.39 is 11.7 Å². The topological polar surface area (TPSA) is 54.2 Å². The van der Waals surface area contributed by atoms with Crippen LogP contribution < -0.4 is 10.6 Å². The molecule has 0 unspecified atom stereocenters. The van der Waals surface area contributed by atoms with Gasteiger partial charge in [-0.1, -0.05) is 36.4 Å². The Morgan fingerprint density at radius 2 is 1.77 bits per heavy atom. The fourth-order valence-corrected chi connectivity index (χ4v) is 2.93. The van der Waals surface area contributed by atoms with Gasteiger partial charge in [-0.2, -0.15) is 13.2 Å². The lowest BCUT2D eigenvalue weighted by Gasteiger charge is -2.12. The number of alkyl halides is 3. The Hall–Kier alpha value is -2.56. The van der Waals surface area contributed by atoms with Gasteiger partial charge in [0.1, 0.15) is 0 Å². The van der Waals surface area contributed by atoms with E-state index in [-0.39, 0.29) is 24.0 Å². The minimum Gasteiger partial charge on any atom is -0.357 e. The van der Waals surface area contributed by atoms with Gasteiger partial charge < -0.3 is 15.2 Å². The summed E-state index contributed by atoms with van der Waals surface area (Å²) in [6.45, 7) is 4.25. The molecule has 3 rings (SSSR count). The van der Waals surface area contributed by atoms with Crippen LogP contribution in [0.3, 0.4) is 0 Å². The largest absolute Gasteiger partial charge is 0.416 e. The summed E-state index contributed by atoms with van der Waals surface area (Å²) in [6, 6.07) is 13.3. The molecule has 31 heavy (non-hydrogen) atoms. The molecule has 0 bridgehead atoms. The molecule has 3 aromatic rings. The van der Waals surface area contributed by atoms with Crippen molar-refractivity contribution in [1.29, 1.82) is 0 Å². The van der Waals surface area contributed by atoms with Crippen LogP contribution in [0.5, 0.6) is 0 Å². The summed E-state index contributed by atoms with van der Waals surface area (Å²) in [4.78, 5) is 8.64. The number of halogens is 4. The van der Waals surface area contributed by atoms with Crippen LogP contribution in [0.4, 0.5) is 13.2 Å². The first-order valence-corrected chi connectivity index (χ1v) is 9.66. The number of aliphatic imine (C=N–C) groups is 1. The van der Waals surface area contributed by atoms with Crippen molar-refractivity contribution in [2.24, 2.45) is 4.99 Å². The van der Waals surface area contributed by atoms with Gasteiger partial charge in [0.05, 0.1) is 18.4 Å². The van der Waals surface area contributed by atoms with Crippen LogP contribution in [0.15, 0.2) is 72.2 Å². The Balaban J connectivity index is 0.00000341. The molecule has 0 amide bonds. The van der Waals surface area contributed by atoms with Crippen LogP contribution in [0, 0.1) is 0 Å². The molecular formula is C22H25F3IN5.